The van der Waals surface area contributed by atoms with E-state index in [1.165, 1.54) is 6.08 Å². The van der Waals surface area contributed by atoms with Crippen molar-refractivity contribution in [2.24, 2.45) is 7.05 Å². The number of carbonyl (C=O) groups excluding carboxylic acids is 1. The smallest absolute Gasteiger partial charge is 0.247 e. The van der Waals surface area contributed by atoms with Gasteiger partial charge in [0.1, 0.15) is 5.69 Å². The lowest BCUT2D eigenvalue weighted by molar-refractivity contribution is -0.111. The number of fused-ring (bicyclic) bond motifs is 1. The quantitative estimate of drug-likeness (QED) is 0.256. The summed E-state index contributed by atoms with van der Waals surface area (Å²) in [6.07, 6.45) is 4.98. The third kappa shape index (κ3) is 6.40. The van der Waals surface area contributed by atoms with E-state index in [1.54, 1.807) is 12.3 Å². The van der Waals surface area contributed by atoms with Crippen LogP contribution < -0.4 is 20.3 Å². The highest BCUT2D eigenvalue weighted by Gasteiger charge is 2.20. The van der Waals surface area contributed by atoms with E-state index in [1.807, 2.05) is 66.0 Å². The van der Waals surface area contributed by atoms with Gasteiger partial charge in [0.05, 0.1) is 17.5 Å². The van der Waals surface area contributed by atoms with Crippen LogP contribution in [0.4, 0.5) is 23.1 Å². The summed E-state index contributed by atoms with van der Waals surface area (Å²) >= 11 is 0. The predicted molar refractivity (Wildman–Crippen MR) is 163 cm³/mol. The van der Waals surface area contributed by atoms with Gasteiger partial charge >= 0.3 is 0 Å². The van der Waals surface area contributed by atoms with E-state index in [-0.39, 0.29) is 12.0 Å². The Morgan fingerprint density at radius 2 is 1.90 bits per heavy atom. The average molecular weight is 543 g/mol. The van der Waals surface area contributed by atoms with Crippen molar-refractivity contribution in [2.75, 3.05) is 49.8 Å². The van der Waals surface area contributed by atoms with E-state index in [4.69, 9.17) is 14.7 Å². The zero-order valence-electron chi connectivity index (χ0n) is 24.3. The number of para-hydroxylation sites is 1. The maximum Gasteiger partial charge on any atom is 0.247 e. The van der Waals surface area contributed by atoms with Gasteiger partial charge in [0.25, 0.3) is 0 Å². The zero-order chi connectivity index (χ0) is 29.0. The van der Waals surface area contributed by atoms with E-state index in [2.05, 4.69) is 50.0 Å². The molecule has 3 aromatic heterocycles. The summed E-state index contributed by atoms with van der Waals surface area (Å²) in [5.41, 5.74) is 4.98. The van der Waals surface area contributed by atoms with Gasteiger partial charge in [0.2, 0.25) is 17.7 Å². The number of benzene rings is 1. The minimum atomic E-state index is -0.336. The van der Waals surface area contributed by atoms with Gasteiger partial charge in [0, 0.05) is 56.0 Å². The maximum absolute atomic E-state index is 12.3. The van der Waals surface area contributed by atoms with Gasteiger partial charge in [0.15, 0.2) is 5.82 Å². The number of carbonyl (C=O) groups is 1. The number of anilines is 4. The summed E-state index contributed by atoms with van der Waals surface area (Å²) in [5, 5.41) is 7.30. The molecule has 0 saturated heterocycles. The van der Waals surface area contributed by atoms with Crippen molar-refractivity contribution < 1.29 is 9.53 Å². The van der Waals surface area contributed by atoms with Gasteiger partial charge in [-0.1, -0.05) is 24.8 Å². The Bertz CT molecular complexity index is 1530. The van der Waals surface area contributed by atoms with Crippen LogP contribution in [0.15, 0.2) is 55.4 Å². The molecule has 0 fully saturated rings. The summed E-state index contributed by atoms with van der Waals surface area (Å²) < 4.78 is 8.21. The molecule has 0 aliphatic carbocycles. The number of nitrogens with one attached hydrogen (secondary N) is 2. The van der Waals surface area contributed by atoms with E-state index in [9.17, 15) is 4.79 Å². The van der Waals surface area contributed by atoms with Crippen LogP contribution in [0.1, 0.15) is 19.4 Å². The Labute approximate surface area is 235 Å². The highest BCUT2D eigenvalue weighted by Crippen LogP contribution is 2.36. The fraction of sp³-hybridized carbons (Fsp3) is 0.333. The second kappa shape index (κ2) is 12.2. The SMILES string of the molecule is C=CC(=O)Nc1cc(Nc2ncc(C)c(-c3cn(C)c4ccccc34)n2)c(OC(C)C)nc1N(C)CCN(C)C. The van der Waals surface area contributed by atoms with Crippen molar-refractivity contribution in [1.82, 2.24) is 24.4 Å². The first kappa shape index (κ1) is 28.6. The van der Waals surface area contributed by atoms with E-state index in [0.29, 0.717) is 35.6 Å². The highest BCUT2D eigenvalue weighted by molar-refractivity contribution is 6.01. The van der Waals surface area contributed by atoms with Crippen molar-refractivity contribution in [3.63, 3.8) is 0 Å². The number of likely N-dealkylation sites (N-methyl/N-ethyl adjacent to an activating group) is 2. The zero-order valence-corrected chi connectivity index (χ0v) is 24.3. The van der Waals surface area contributed by atoms with E-state index in [0.717, 1.165) is 34.3 Å². The van der Waals surface area contributed by atoms with Gasteiger partial charge < -0.3 is 29.7 Å². The molecular formula is C30H38N8O2. The van der Waals surface area contributed by atoms with Gasteiger partial charge in [-0.05, 0) is 58.6 Å². The molecule has 4 rings (SSSR count). The van der Waals surface area contributed by atoms with Gasteiger partial charge in [-0.25, -0.2) is 9.97 Å². The van der Waals surface area contributed by atoms with Crippen molar-refractivity contribution in [3.8, 4) is 17.1 Å². The normalized spacial score (nSPS) is 11.2. The fourth-order valence-corrected chi connectivity index (χ4v) is 4.34. The minimum Gasteiger partial charge on any atom is -0.473 e. The molecule has 10 heteroatoms. The Hall–Kier alpha value is -4.44. The highest BCUT2D eigenvalue weighted by atomic mass is 16.5. The standard InChI is InChI=1S/C30H38N8O2/c1-9-26(39)32-23-16-24(29(40-19(2)3)35-28(23)37(7)15-14-36(5)6)33-30-31-17-20(4)27(34-30)22-18-38(8)25-13-11-10-12-21(22)25/h9-13,16-19H,1,14-15H2,2-8H3,(H,32,39)(H,31,33,34). The van der Waals surface area contributed by atoms with Crippen LogP contribution in [-0.4, -0.2) is 70.7 Å². The molecule has 0 radical (unpaired) electrons. The number of amides is 1. The molecule has 0 unspecified atom stereocenters. The summed E-state index contributed by atoms with van der Waals surface area (Å²) in [5.74, 6) is 1.02. The molecule has 1 amide bonds. The first-order valence-corrected chi connectivity index (χ1v) is 13.2. The second-order valence-corrected chi connectivity index (χ2v) is 10.3. The second-order valence-electron chi connectivity index (χ2n) is 10.3. The molecule has 10 nitrogen and oxygen atoms in total. The number of pyridine rings is 1. The lowest BCUT2D eigenvalue weighted by atomic mass is 10.1. The first-order chi connectivity index (χ1) is 19.1. The number of rotatable bonds is 11. The minimum absolute atomic E-state index is 0.133. The molecule has 0 bridgehead atoms. The lowest BCUT2D eigenvalue weighted by Crippen LogP contribution is -2.30. The van der Waals surface area contributed by atoms with Crippen LogP contribution in [0.2, 0.25) is 0 Å². The number of ether oxygens (including phenoxy) is 1. The Balaban J connectivity index is 1.78. The number of hydrogen-bond donors (Lipinski definition) is 2. The summed E-state index contributed by atoms with van der Waals surface area (Å²) in [7, 11) is 7.98. The third-order valence-electron chi connectivity index (χ3n) is 6.37. The molecule has 0 saturated carbocycles. The average Bonchev–Trinajstić information content (AvgIpc) is 3.25. The molecular weight excluding hydrogens is 504 g/mol. The fourth-order valence-electron chi connectivity index (χ4n) is 4.34. The summed E-state index contributed by atoms with van der Waals surface area (Å²) in [6, 6.07) is 10.0. The Kier molecular flexibility index (Phi) is 8.69. The Morgan fingerprint density at radius 3 is 2.60 bits per heavy atom. The molecule has 0 aliphatic rings. The van der Waals surface area contributed by atoms with E-state index >= 15 is 0 Å². The molecule has 0 atom stereocenters. The van der Waals surface area contributed by atoms with Crippen LogP contribution in [0.25, 0.3) is 22.2 Å². The van der Waals surface area contributed by atoms with Crippen LogP contribution in [0.5, 0.6) is 5.88 Å². The number of nitrogens with zero attached hydrogens (tertiary/aromatic N) is 6. The summed E-state index contributed by atoms with van der Waals surface area (Å²) in [6.45, 7) is 11.0. The van der Waals surface area contributed by atoms with Gasteiger partial charge in [-0.3, -0.25) is 4.79 Å². The largest absolute Gasteiger partial charge is 0.473 e. The molecule has 2 N–H and O–H groups in total. The van der Waals surface area contributed by atoms with Crippen LogP contribution in [-0.2, 0) is 11.8 Å². The number of aryl methyl sites for hydroxylation is 2. The summed E-state index contributed by atoms with van der Waals surface area (Å²) in [4.78, 5) is 30.7. The molecule has 40 heavy (non-hydrogen) atoms. The van der Waals surface area contributed by atoms with Gasteiger partial charge in [-0.15, -0.1) is 0 Å². The molecule has 210 valence electrons. The topological polar surface area (TPSA) is 100 Å². The monoisotopic (exact) mass is 542 g/mol. The molecule has 3 heterocycles. The van der Waals surface area contributed by atoms with E-state index < -0.39 is 0 Å². The van der Waals surface area contributed by atoms with Crippen molar-refractivity contribution >= 4 is 40.0 Å². The van der Waals surface area contributed by atoms with Crippen LogP contribution in [0.3, 0.4) is 0 Å². The molecule has 0 aliphatic heterocycles. The number of aromatic nitrogens is 4. The Morgan fingerprint density at radius 1 is 1.15 bits per heavy atom. The van der Waals surface area contributed by atoms with Crippen molar-refractivity contribution in [2.45, 2.75) is 26.9 Å². The first-order valence-electron chi connectivity index (χ1n) is 13.2. The molecule has 0 spiro atoms. The lowest BCUT2D eigenvalue weighted by Gasteiger charge is -2.25. The van der Waals surface area contributed by atoms with Gasteiger partial charge in [-0.2, -0.15) is 4.98 Å². The van der Waals surface area contributed by atoms with Crippen molar-refractivity contribution in [3.05, 3.63) is 60.9 Å². The van der Waals surface area contributed by atoms with Crippen LogP contribution >= 0.6 is 0 Å². The van der Waals surface area contributed by atoms with Crippen LogP contribution in [0, 0.1) is 6.92 Å². The third-order valence-corrected chi connectivity index (χ3v) is 6.37. The van der Waals surface area contributed by atoms with Crippen molar-refractivity contribution in [1.29, 1.82) is 0 Å². The predicted octanol–water partition coefficient (Wildman–Crippen LogP) is 4.99. The molecule has 1 aromatic carbocycles. The molecule has 4 aromatic rings. The maximum atomic E-state index is 12.3. The number of hydrogen-bond acceptors (Lipinski definition) is 8.